The van der Waals surface area contributed by atoms with Gasteiger partial charge in [0.05, 0.1) is 12.1 Å². The summed E-state index contributed by atoms with van der Waals surface area (Å²) in [5.41, 5.74) is 6.07. The fraction of sp³-hybridized carbons (Fsp3) is 0.200. The SMILES string of the molecule is Cc1[nH]ncc1-c1ccc2nc(C3COc4ccccc4C3)oc2c1. The lowest BCUT2D eigenvalue weighted by Crippen LogP contribution is -2.19. The molecule has 0 spiro atoms. The van der Waals surface area contributed by atoms with Gasteiger partial charge in [-0.15, -0.1) is 0 Å². The van der Waals surface area contributed by atoms with Crippen LogP contribution in [0, 0.1) is 6.92 Å². The summed E-state index contributed by atoms with van der Waals surface area (Å²) in [5, 5.41) is 7.06. The molecule has 4 aromatic rings. The van der Waals surface area contributed by atoms with Crippen LogP contribution in [0.2, 0.25) is 0 Å². The molecule has 1 N–H and O–H groups in total. The van der Waals surface area contributed by atoms with Gasteiger partial charge in [0, 0.05) is 11.3 Å². The molecule has 1 aliphatic rings. The number of fused-ring (bicyclic) bond motifs is 2. The van der Waals surface area contributed by atoms with Crippen LogP contribution in [0.25, 0.3) is 22.2 Å². The first-order valence-corrected chi connectivity index (χ1v) is 8.39. The average molecular weight is 331 g/mol. The van der Waals surface area contributed by atoms with E-state index in [-0.39, 0.29) is 5.92 Å². The van der Waals surface area contributed by atoms with Gasteiger partial charge in [-0.1, -0.05) is 24.3 Å². The molecule has 5 heteroatoms. The van der Waals surface area contributed by atoms with Gasteiger partial charge >= 0.3 is 0 Å². The highest BCUT2D eigenvalue weighted by atomic mass is 16.5. The molecule has 1 unspecified atom stereocenters. The predicted octanol–water partition coefficient (Wildman–Crippen LogP) is 4.25. The number of rotatable bonds is 2. The topological polar surface area (TPSA) is 63.9 Å². The van der Waals surface area contributed by atoms with Crippen LogP contribution >= 0.6 is 0 Å². The van der Waals surface area contributed by atoms with Gasteiger partial charge in [0.25, 0.3) is 0 Å². The lowest BCUT2D eigenvalue weighted by molar-refractivity contribution is 0.243. The quantitative estimate of drug-likeness (QED) is 0.596. The lowest BCUT2D eigenvalue weighted by Gasteiger charge is -2.22. The maximum absolute atomic E-state index is 6.08. The van der Waals surface area contributed by atoms with Gasteiger partial charge in [0.15, 0.2) is 5.58 Å². The Morgan fingerprint density at radius 2 is 2.08 bits per heavy atom. The molecule has 1 atom stereocenters. The predicted molar refractivity (Wildman–Crippen MR) is 94.7 cm³/mol. The van der Waals surface area contributed by atoms with Crippen LogP contribution in [0.3, 0.4) is 0 Å². The van der Waals surface area contributed by atoms with E-state index in [0.717, 1.165) is 46.0 Å². The second kappa shape index (κ2) is 5.48. The van der Waals surface area contributed by atoms with E-state index in [1.807, 2.05) is 43.5 Å². The highest BCUT2D eigenvalue weighted by Gasteiger charge is 2.25. The second-order valence-electron chi connectivity index (χ2n) is 6.46. The lowest BCUT2D eigenvalue weighted by atomic mass is 9.97. The van der Waals surface area contributed by atoms with Crippen molar-refractivity contribution in [2.75, 3.05) is 6.61 Å². The van der Waals surface area contributed by atoms with Crippen molar-refractivity contribution >= 4 is 11.1 Å². The zero-order valence-electron chi connectivity index (χ0n) is 13.8. The third-order valence-corrected chi connectivity index (χ3v) is 4.77. The number of hydrogen-bond acceptors (Lipinski definition) is 4. The van der Waals surface area contributed by atoms with Crippen LogP contribution in [0.1, 0.15) is 23.1 Å². The number of benzene rings is 2. The minimum absolute atomic E-state index is 0.140. The normalized spacial score (nSPS) is 16.6. The number of nitrogens with zero attached hydrogens (tertiary/aromatic N) is 2. The Bertz CT molecular complexity index is 1060. The standard InChI is InChI=1S/C20H17N3O2/c1-12-16(10-21-23-12)13-6-7-17-19(9-13)25-20(22-17)15-8-14-4-2-3-5-18(14)24-11-15/h2-7,9-10,15H,8,11H2,1H3,(H,21,23). The molecule has 0 saturated heterocycles. The van der Waals surface area contributed by atoms with Crippen molar-refractivity contribution in [1.29, 1.82) is 0 Å². The molecule has 2 aromatic heterocycles. The Balaban J connectivity index is 1.50. The molecular formula is C20H17N3O2. The molecule has 5 nitrogen and oxygen atoms in total. The first-order valence-electron chi connectivity index (χ1n) is 8.39. The van der Waals surface area contributed by atoms with Gasteiger partial charge in [-0.25, -0.2) is 4.98 Å². The monoisotopic (exact) mass is 331 g/mol. The summed E-state index contributed by atoms with van der Waals surface area (Å²) >= 11 is 0. The fourth-order valence-electron chi connectivity index (χ4n) is 3.41. The molecule has 124 valence electrons. The Labute approximate surface area is 144 Å². The Kier molecular flexibility index (Phi) is 3.13. The molecule has 3 heterocycles. The molecule has 0 fully saturated rings. The minimum atomic E-state index is 0.140. The zero-order chi connectivity index (χ0) is 16.8. The van der Waals surface area contributed by atoms with Gasteiger partial charge < -0.3 is 9.15 Å². The molecule has 0 radical (unpaired) electrons. The highest BCUT2D eigenvalue weighted by Crippen LogP contribution is 2.34. The summed E-state index contributed by atoms with van der Waals surface area (Å²) < 4.78 is 12.0. The van der Waals surface area contributed by atoms with E-state index in [1.165, 1.54) is 5.56 Å². The Hall–Kier alpha value is -3.08. The molecule has 25 heavy (non-hydrogen) atoms. The van der Waals surface area contributed by atoms with Crippen molar-refractivity contribution in [2.45, 2.75) is 19.3 Å². The molecule has 0 saturated carbocycles. The number of aromatic nitrogens is 3. The molecule has 2 aromatic carbocycles. The van der Waals surface area contributed by atoms with Crippen LogP contribution in [-0.2, 0) is 6.42 Å². The largest absolute Gasteiger partial charge is 0.492 e. The Morgan fingerprint density at radius 3 is 2.96 bits per heavy atom. The van der Waals surface area contributed by atoms with Crippen LogP contribution in [0.4, 0.5) is 0 Å². The molecule has 5 rings (SSSR count). The first kappa shape index (κ1) is 14.3. The maximum Gasteiger partial charge on any atom is 0.202 e. The number of para-hydroxylation sites is 1. The second-order valence-corrected chi connectivity index (χ2v) is 6.46. The van der Waals surface area contributed by atoms with Crippen molar-refractivity contribution in [3.63, 3.8) is 0 Å². The van der Waals surface area contributed by atoms with E-state index in [1.54, 1.807) is 0 Å². The summed E-state index contributed by atoms with van der Waals surface area (Å²) in [6.07, 6.45) is 2.72. The van der Waals surface area contributed by atoms with E-state index in [2.05, 4.69) is 27.3 Å². The fourth-order valence-corrected chi connectivity index (χ4v) is 3.41. The summed E-state index contributed by atoms with van der Waals surface area (Å²) in [6.45, 7) is 2.60. The van der Waals surface area contributed by atoms with Crippen molar-refractivity contribution in [1.82, 2.24) is 15.2 Å². The minimum Gasteiger partial charge on any atom is -0.492 e. The summed E-state index contributed by atoms with van der Waals surface area (Å²) in [7, 11) is 0. The molecule has 0 aliphatic carbocycles. The van der Waals surface area contributed by atoms with Crippen molar-refractivity contribution in [3.8, 4) is 16.9 Å². The van der Waals surface area contributed by atoms with Crippen LogP contribution in [0.15, 0.2) is 53.1 Å². The Morgan fingerprint density at radius 1 is 1.16 bits per heavy atom. The van der Waals surface area contributed by atoms with E-state index in [4.69, 9.17) is 9.15 Å². The number of aromatic amines is 1. The number of ether oxygens (including phenoxy) is 1. The van der Waals surface area contributed by atoms with Gasteiger partial charge in [-0.2, -0.15) is 5.10 Å². The number of aryl methyl sites for hydroxylation is 1. The van der Waals surface area contributed by atoms with Crippen LogP contribution in [0.5, 0.6) is 5.75 Å². The summed E-state index contributed by atoms with van der Waals surface area (Å²) in [4.78, 5) is 4.68. The number of oxazole rings is 1. The van der Waals surface area contributed by atoms with E-state index in [9.17, 15) is 0 Å². The van der Waals surface area contributed by atoms with Crippen molar-refractivity contribution < 1.29 is 9.15 Å². The molecular weight excluding hydrogens is 314 g/mol. The average Bonchev–Trinajstić information content (AvgIpc) is 3.26. The van der Waals surface area contributed by atoms with Crippen molar-refractivity contribution in [3.05, 3.63) is 65.8 Å². The van der Waals surface area contributed by atoms with Crippen LogP contribution < -0.4 is 4.74 Å². The zero-order valence-corrected chi connectivity index (χ0v) is 13.8. The van der Waals surface area contributed by atoms with Crippen LogP contribution in [-0.4, -0.2) is 21.8 Å². The van der Waals surface area contributed by atoms with Gasteiger partial charge in [0.2, 0.25) is 5.89 Å². The maximum atomic E-state index is 6.08. The third kappa shape index (κ3) is 2.39. The first-order chi connectivity index (χ1) is 12.3. The summed E-state index contributed by atoms with van der Waals surface area (Å²) in [5.74, 6) is 1.85. The highest BCUT2D eigenvalue weighted by molar-refractivity contribution is 5.80. The van der Waals surface area contributed by atoms with Gasteiger partial charge in [-0.3, -0.25) is 5.10 Å². The van der Waals surface area contributed by atoms with Crippen molar-refractivity contribution in [2.24, 2.45) is 0 Å². The number of hydrogen-bond donors (Lipinski definition) is 1. The van der Waals surface area contributed by atoms with E-state index in [0.29, 0.717) is 6.61 Å². The van der Waals surface area contributed by atoms with E-state index >= 15 is 0 Å². The van der Waals surface area contributed by atoms with E-state index < -0.39 is 0 Å². The molecule has 0 bridgehead atoms. The van der Waals surface area contributed by atoms with Gasteiger partial charge in [0.1, 0.15) is 17.9 Å². The molecule has 1 aliphatic heterocycles. The smallest absolute Gasteiger partial charge is 0.202 e. The third-order valence-electron chi connectivity index (χ3n) is 4.77. The number of nitrogens with one attached hydrogen (secondary N) is 1. The van der Waals surface area contributed by atoms with Gasteiger partial charge in [-0.05, 0) is 42.7 Å². The number of H-pyrrole nitrogens is 1. The molecule has 0 amide bonds. The summed E-state index contributed by atoms with van der Waals surface area (Å²) in [6, 6.07) is 14.2.